The van der Waals surface area contributed by atoms with E-state index in [1.807, 2.05) is 6.92 Å². The van der Waals surface area contributed by atoms with Gasteiger partial charge in [-0.2, -0.15) is 0 Å². The number of primary sulfonamides is 1. The Balaban J connectivity index is 2.74. The molecule has 0 saturated carbocycles. The summed E-state index contributed by atoms with van der Waals surface area (Å²) in [5, 5.41) is 16.5. The summed E-state index contributed by atoms with van der Waals surface area (Å²) < 4.78 is 22.4. The normalized spacial score (nSPS) is 13.2. The zero-order valence-electron chi connectivity index (χ0n) is 9.96. The predicted octanol–water partition coefficient (Wildman–Crippen LogP) is 0.459. The van der Waals surface area contributed by atoms with Crippen molar-refractivity contribution in [2.24, 2.45) is 5.14 Å². The van der Waals surface area contributed by atoms with Crippen molar-refractivity contribution >= 4 is 16.0 Å². The number of sulfonamides is 1. The van der Waals surface area contributed by atoms with Crippen molar-refractivity contribution in [1.29, 1.82) is 0 Å². The topological polar surface area (TPSA) is 109 Å². The molecule has 0 heterocycles. The first kappa shape index (κ1) is 14.6. The number of benzene rings is 1. The molecule has 1 aromatic carbocycles. The number of carboxylic acids is 1. The largest absolute Gasteiger partial charge is 0.481 e. The molecule has 1 atom stereocenters. The zero-order valence-corrected chi connectivity index (χ0v) is 10.8. The number of rotatable bonds is 6. The smallest absolute Gasteiger partial charge is 0.304 e. The van der Waals surface area contributed by atoms with Crippen LogP contribution < -0.4 is 10.5 Å². The monoisotopic (exact) mass is 272 g/mol. The maximum Gasteiger partial charge on any atom is 0.304 e. The van der Waals surface area contributed by atoms with E-state index in [1.54, 1.807) is 12.1 Å². The van der Waals surface area contributed by atoms with Gasteiger partial charge in [-0.15, -0.1) is 0 Å². The molecule has 4 N–H and O–H groups in total. The fraction of sp³-hybridized carbons (Fsp3) is 0.364. The van der Waals surface area contributed by atoms with Crippen molar-refractivity contribution in [3.63, 3.8) is 0 Å². The Morgan fingerprint density at radius 2 is 2.17 bits per heavy atom. The van der Waals surface area contributed by atoms with Gasteiger partial charge in [-0.05, 0) is 24.6 Å². The third-order valence-electron chi connectivity index (χ3n) is 2.48. The Morgan fingerprint density at radius 3 is 2.72 bits per heavy atom. The van der Waals surface area contributed by atoms with E-state index in [2.05, 4.69) is 5.32 Å². The Hall–Kier alpha value is -1.44. The maximum absolute atomic E-state index is 11.2. The molecule has 1 aromatic rings. The molecule has 100 valence electrons. The van der Waals surface area contributed by atoms with E-state index in [9.17, 15) is 13.2 Å². The summed E-state index contributed by atoms with van der Waals surface area (Å²) in [7, 11) is -3.71. The first-order valence-electron chi connectivity index (χ1n) is 5.38. The second-order valence-corrected chi connectivity index (χ2v) is 5.50. The molecule has 7 heteroatoms. The molecular weight excluding hydrogens is 256 g/mol. The SMILES string of the molecule is CC(NCCC(=O)O)c1cccc(S(N)(=O)=O)c1. The highest BCUT2D eigenvalue weighted by atomic mass is 32.2. The van der Waals surface area contributed by atoms with Crippen LogP contribution in [0.4, 0.5) is 0 Å². The highest BCUT2D eigenvalue weighted by molar-refractivity contribution is 7.89. The molecule has 0 aliphatic rings. The third-order valence-corrected chi connectivity index (χ3v) is 3.39. The molecule has 1 rings (SSSR count). The standard InChI is InChI=1S/C11H16N2O4S/c1-8(13-6-5-11(14)15)9-3-2-4-10(7-9)18(12,16)17/h2-4,7-8,13H,5-6H2,1H3,(H,14,15)(H2,12,16,17). The van der Waals surface area contributed by atoms with Crippen LogP contribution in [-0.2, 0) is 14.8 Å². The molecule has 0 radical (unpaired) electrons. The lowest BCUT2D eigenvalue weighted by Crippen LogP contribution is -2.22. The number of hydrogen-bond donors (Lipinski definition) is 3. The lowest BCUT2D eigenvalue weighted by molar-refractivity contribution is -0.136. The molecule has 0 aliphatic heterocycles. The van der Waals surface area contributed by atoms with Crippen LogP contribution in [0, 0.1) is 0 Å². The van der Waals surface area contributed by atoms with Gasteiger partial charge >= 0.3 is 5.97 Å². The van der Waals surface area contributed by atoms with Crippen molar-refractivity contribution in [3.05, 3.63) is 29.8 Å². The molecular formula is C11H16N2O4S. The van der Waals surface area contributed by atoms with Crippen molar-refractivity contribution in [2.45, 2.75) is 24.3 Å². The molecule has 0 fully saturated rings. The van der Waals surface area contributed by atoms with Gasteiger partial charge in [-0.3, -0.25) is 4.79 Å². The van der Waals surface area contributed by atoms with Crippen LogP contribution in [0.15, 0.2) is 29.2 Å². The average Bonchev–Trinajstić information content (AvgIpc) is 2.27. The van der Waals surface area contributed by atoms with Crippen LogP contribution in [-0.4, -0.2) is 26.0 Å². The molecule has 1 unspecified atom stereocenters. The number of carbonyl (C=O) groups is 1. The molecule has 0 bridgehead atoms. The van der Waals surface area contributed by atoms with Crippen LogP contribution in [0.25, 0.3) is 0 Å². The van der Waals surface area contributed by atoms with Gasteiger partial charge in [0.15, 0.2) is 0 Å². The summed E-state index contributed by atoms with van der Waals surface area (Å²) >= 11 is 0. The van der Waals surface area contributed by atoms with Gasteiger partial charge in [0.25, 0.3) is 0 Å². The van der Waals surface area contributed by atoms with Crippen LogP contribution in [0.5, 0.6) is 0 Å². The minimum absolute atomic E-state index is 0.0131. The fourth-order valence-electron chi connectivity index (χ4n) is 1.47. The Labute approximate surface area is 106 Å². The van der Waals surface area contributed by atoms with Gasteiger partial charge in [0, 0.05) is 12.6 Å². The minimum Gasteiger partial charge on any atom is -0.481 e. The molecule has 6 nitrogen and oxygen atoms in total. The van der Waals surface area contributed by atoms with Gasteiger partial charge in [-0.1, -0.05) is 12.1 Å². The van der Waals surface area contributed by atoms with E-state index in [-0.39, 0.29) is 17.4 Å². The Kier molecular flexibility index (Phi) is 4.83. The fourth-order valence-corrected chi connectivity index (χ4v) is 2.04. The first-order valence-corrected chi connectivity index (χ1v) is 6.93. The van der Waals surface area contributed by atoms with Crippen LogP contribution in [0.1, 0.15) is 24.9 Å². The summed E-state index contributed by atoms with van der Waals surface area (Å²) in [6.07, 6.45) is 0.0131. The quantitative estimate of drug-likeness (QED) is 0.697. The molecule has 0 aromatic heterocycles. The lowest BCUT2D eigenvalue weighted by Gasteiger charge is -2.14. The summed E-state index contributed by atoms with van der Waals surface area (Å²) in [4.78, 5) is 10.4. The number of nitrogens with one attached hydrogen (secondary N) is 1. The number of hydrogen-bond acceptors (Lipinski definition) is 4. The van der Waals surface area contributed by atoms with Gasteiger partial charge in [0.2, 0.25) is 10.0 Å². The lowest BCUT2D eigenvalue weighted by atomic mass is 10.1. The van der Waals surface area contributed by atoms with Gasteiger partial charge in [0.05, 0.1) is 11.3 Å². The van der Waals surface area contributed by atoms with E-state index in [0.29, 0.717) is 6.54 Å². The van der Waals surface area contributed by atoms with Crippen LogP contribution in [0.2, 0.25) is 0 Å². The second-order valence-electron chi connectivity index (χ2n) is 3.94. The Morgan fingerprint density at radius 1 is 1.50 bits per heavy atom. The number of aliphatic carboxylic acids is 1. The third kappa shape index (κ3) is 4.44. The molecule has 0 amide bonds. The predicted molar refractivity (Wildman–Crippen MR) is 66.5 cm³/mol. The molecule has 0 saturated heterocycles. The maximum atomic E-state index is 11.2. The molecule has 18 heavy (non-hydrogen) atoms. The number of carboxylic acid groups (broad SMARTS) is 1. The van der Waals surface area contributed by atoms with Crippen LogP contribution >= 0.6 is 0 Å². The van der Waals surface area contributed by atoms with Gasteiger partial charge in [-0.25, -0.2) is 13.6 Å². The summed E-state index contributed by atoms with van der Waals surface area (Å²) in [6, 6.07) is 6.11. The summed E-state index contributed by atoms with van der Waals surface area (Å²) in [5.41, 5.74) is 0.743. The first-order chi connectivity index (χ1) is 8.30. The van der Waals surface area contributed by atoms with E-state index in [1.165, 1.54) is 12.1 Å². The van der Waals surface area contributed by atoms with Crippen LogP contribution in [0.3, 0.4) is 0 Å². The molecule has 0 aliphatic carbocycles. The number of nitrogens with two attached hydrogens (primary N) is 1. The van der Waals surface area contributed by atoms with Gasteiger partial charge in [0.1, 0.15) is 0 Å². The summed E-state index contributed by atoms with van der Waals surface area (Å²) in [6.45, 7) is 2.14. The van der Waals surface area contributed by atoms with E-state index < -0.39 is 16.0 Å². The highest BCUT2D eigenvalue weighted by Crippen LogP contribution is 2.16. The van der Waals surface area contributed by atoms with Crippen molar-refractivity contribution in [3.8, 4) is 0 Å². The highest BCUT2D eigenvalue weighted by Gasteiger charge is 2.11. The van der Waals surface area contributed by atoms with E-state index >= 15 is 0 Å². The van der Waals surface area contributed by atoms with E-state index in [0.717, 1.165) is 5.56 Å². The van der Waals surface area contributed by atoms with Crippen molar-refractivity contribution < 1.29 is 18.3 Å². The average molecular weight is 272 g/mol. The minimum atomic E-state index is -3.71. The molecule has 0 spiro atoms. The second kappa shape index (κ2) is 5.94. The Bertz CT molecular complexity index is 528. The van der Waals surface area contributed by atoms with Crippen molar-refractivity contribution in [1.82, 2.24) is 5.32 Å². The van der Waals surface area contributed by atoms with E-state index in [4.69, 9.17) is 10.2 Å². The van der Waals surface area contributed by atoms with Crippen molar-refractivity contribution in [2.75, 3.05) is 6.54 Å². The summed E-state index contributed by atoms with van der Waals surface area (Å²) in [5.74, 6) is -0.881. The zero-order chi connectivity index (χ0) is 13.8. The van der Waals surface area contributed by atoms with Gasteiger partial charge < -0.3 is 10.4 Å².